The van der Waals surface area contributed by atoms with E-state index in [1.54, 1.807) is 10.9 Å². The highest BCUT2D eigenvalue weighted by molar-refractivity contribution is 6.05. The van der Waals surface area contributed by atoms with Gasteiger partial charge in [-0.2, -0.15) is 0 Å². The maximum Gasteiger partial charge on any atom is 0.265 e. The lowest BCUT2D eigenvalue weighted by atomic mass is 10.1. The molecule has 6 rings (SSSR count). The van der Waals surface area contributed by atoms with E-state index in [9.17, 15) is 4.79 Å². The first kappa shape index (κ1) is 20.3. The number of aryl methyl sites for hydroxylation is 2. The van der Waals surface area contributed by atoms with Crippen molar-refractivity contribution >= 4 is 33.2 Å². The van der Waals surface area contributed by atoms with Crippen LogP contribution in [0.25, 0.3) is 38.9 Å². The van der Waals surface area contributed by atoms with Crippen LogP contribution in [0.15, 0.2) is 83.9 Å². The lowest BCUT2D eigenvalue weighted by Gasteiger charge is -2.09. The Hall–Kier alpha value is -4.32. The Kier molecular flexibility index (Phi) is 4.73. The zero-order valence-electron chi connectivity index (χ0n) is 19.1. The van der Waals surface area contributed by atoms with Crippen LogP contribution in [0.3, 0.4) is 0 Å². The number of benzene rings is 3. The third-order valence-corrected chi connectivity index (χ3v) is 6.28. The van der Waals surface area contributed by atoms with Gasteiger partial charge in [0.05, 0.1) is 17.6 Å². The molecule has 0 N–H and O–H groups in total. The highest BCUT2D eigenvalue weighted by Crippen LogP contribution is 2.28. The molecule has 6 aromatic rings. The van der Waals surface area contributed by atoms with E-state index in [4.69, 9.17) is 15.0 Å². The van der Waals surface area contributed by atoms with E-state index in [1.165, 1.54) is 11.1 Å². The molecule has 34 heavy (non-hydrogen) atoms. The van der Waals surface area contributed by atoms with Crippen LogP contribution < -0.4 is 5.56 Å². The molecule has 0 radical (unpaired) electrons. The second-order valence-corrected chi connectivity index (χ2v) is 8.61. The maximum atomic E-state index is 13.8. The van der Waals surface area contributed by atoms with Gasteiger partial charge in [0.15, 0.2) is 11.3 Å². The zero-order valence-corrected chi connectivity index (χ0v) is 19.1. The van der Waals surface area contributed by atoms with Gasteiger partial charge in [0.2, 0.25) is 0 Å². The van der Waals surface area contributed by atoms with Crippen molar-refractivity contribution in [2.24, 2.45) is 0 Å². The summed E-state index contributed by atoms with van der Waals surface area (Å²) in [6.07, 6.45) is 2.54. The first-order valence-electron chi connectivity index (χ1n) is 11.4. The lowest BCUT2D eigenvalue weighted by molar-refractivity contribution is 0.746. The van der Waals surface area contributed by atoms with E-state index in [0.717, 1.165) is 28.7 Å². The molecule has 3 heterocycles. The summed E-state index contributed by atoms with van der Waals surface area (Å²) in [4.78, 5) is 28.3. The smallest absolute Gasteiger partial charge is 0.265 e. The molecule has 6 heteroatoms. The van der Waals surface area contributed by atoms with Gasteiger partial charge in [0.1, 0.15) is 17.2 Å². The average molecular weight is 446 g/mol. The molecule has 0 atom stereocenters. The number of hydrogen-bond donors (Lipinski definition) is 0. The summed E-state index contributed by atoms with van der Waals surface area (Å²) in [6, 6.07) is 24.2. The Morgan fingerprint density at radius 2 is 1.59 bits per heavy atom. The topological polar surface area (TPSA) is 65.6 Å². The van der Waals surface area contributed by atoms with E-state index in [2.05, 4.69) is 38.1 Å². The normalized spacial score (nSPS) is 11.6. The highest BCUT2D eigenvalue weighted by atomic mass is 16.1. The molecule has 0 unspecified atom stereocenters. The molecule has 0 spiro atoms. The number of rotatable bonds is 4. The Labute approximate surface area is 196 Å². The molecule has 0 aliphatic heterocycles. The van der Waals surface area contributed by atoms with Crippen LogP contribution in [0.4, 0.5) is 0 Å². The second-order valence-electron chi connectivity index (χ2n) is 8.61. The van der Waals surface area contributed by atoms with E-state index < -0.39 is 0 Å². The molecule has 3 aromatic heterocycles. The summed E-state index contributed by atoms with van der Waals surface area (Å²) < 4.78 is 3.61. The summed E-state index contributed by atoms with van der Waals surface area (Å²) in [5.41, 5.74) is 7.56. The van der Waals surface area contributed by atoms with Crippen LogP contribution in [0, 0.1) is 6.92 Å². The molecule has 0 saturated heterocycles. The molecule has 0 aliphatic carbocycles. The Balaban J connectivity index is 1.67. The number of hydrogen-bond acceptors (Lipinski definition) is 4. The molecule has 6 nitrogen and oxygen atoms in total. The van der Waals surface area contributed by atoms with Gasteiger partial charge in [0.25, 0.3) is 5.56 Å². The maximum absolute atomic E-state index is 13.8. The Morgan fingerprint density at radius 1 is 0.824 bits per heavy atom. The van der Waals surface area contributed by atoms with Crippen LogP contribution in [0.1, 0.15) is 23.6 Å². The fourth-order valence-electron chi connectivity index (χ4n) is 4.43. The van der Waals surface area contributed by atoms with Crippen molar-refractivity contribution in [3.05, 3.63) is 106 Å². The summed E-state index contributed by atoms with van der Waals surface area (Å²) in [5.74, 6) is 0. The summed E-state index contributed by atoms with van der Waals surface area (Å²) in [6.45, 7) is 4.62. The van der Waals surface area contributed by atoms with E-state index in [0.29, 0.717) is 28.7 Å². The second kappa shape index (κ2) is 7.92. The summed E-state index contributed by atoms with van der Waals surface area (Å²) >= 11 is 0. The number of aromatic nitrogens is 5. The van der Waals surface area contributed by atoms with Crippen molar-refractivity contribution in [1.29, 1.82) is 0 Å². The molecular weight excluding hydrogens is 422 g/mol. The zero-order chi connectivity index (χ0) is 23.2. The SMILES string of the molecule is CCc1cccc(-n2c3nc4ccccc4nc3c3c(=O)n(Cc4ccc(C)cc4)cnc32)c1. The fourth-order valence-corrected chi connectivity index (χ4v) is 4.43. The predicted molar refractivity (Wildman–Crippen MR) is 136 cm³/mol. The predicted octanol–water partition coefficient (Wildman–Crippen LogP) is 5.20. The van der Waals surface area contributed by atoms with Gasteiger partial charge >= 0.3 is 0 Å². The molecule has 166 valence electrons. The third-order valence-electron chi connectivity index (χ3n) is 6.28. The van der Waals surface area contributed by atoms with Crippen molar-refractivity contribution in [2.45, 2.75) is 26.8 Å². The molecule has 0 fully saturated rings. The molecule has 0 saturated carbocycles. The summed E-state index contributed by atoms with van der Waals surface area (Å²) in [7, 11) is 0. The monoisotopic (exact) mass is 445 g/mol. The first-order chi connectivity index (χ1) is 16.6. The van der Waals surface area contributed by atoms with Gasteiger partial charge in [-0.05, 0) is 48.7 Å². The van der Waals surface area contributed by atoms with Crippen molar-refractivity contribution in [1.82, 2.24) is 24.1 Å². The van der Waals surface area contributed by atoms with Crippen molar-refractivity contribution in [2.75, 3.05) is 0 Å². The quantitative estimate of drug-likeness (QED) is 0.374. The van der Waals surface area contributed by atoms with Crippen molar-refractivity contribution in [3.8, 4) is 5.69 Å². The van der Waals surface area contributed by atoms with Crippen LogP contribution in [0.5, 0.6) is 0 Å². The number of fused-ring (bicyclic) bond motifs is 4. The van der Waals surface area contributed by atoms with Gasteiger partial charge in [-0.15, -0.1) is 0 Å². The first-order valence-corrected chi connectivity index (χ1v) is 11.4. The van der Waals surface area contributed by atoms with Gasteiger partial charge < -0.3 is 0 Å². The van der Waals surface area contributed by atoms with E-state index in [-0.39, 0.29) is 5.56 Å². The van der Waals surface area contributed by atoms with E-state index in [1.807, 2.05) is 53.1 Å². The molecule has 3 aromatic carbocycles. The van der Waals surface area contributed by atoms with E-state index >= 15 is 0 Å². The van der Waals surface area contributed by atoms with Crippen LogP contribution in [-0.2, 0) is 13.0 Å². The standard InChI is InChI=1S/C28H23N5O/c1-3-19-7-6-8-21(15-19)33-26-24(25-27(33)31-23-10-5-4-9-22(23)30-25)28(34)32(17-29-26)16-20-13-11-18(2)12-14-20/h4-15,17H,3,16H2,1-2H3. The van der Waals surface area contributed by atoms with Crippen LogP contribution in [0.2, 0.25) is 0 Å². The van der Waals surface area contributed by atoms with Crippen LogP contribution >= 0.6 is 0 Å². The van der Waals surface area contributed by atoms with Crippen molar-refractivity contribution < 1.29 is 0 Å². The Bertz CT molecular complexity index is 1750. The number of nitrogens with zero attached hydrogens (tertiary/aromatic N) is 5. The molecule has 0 bridgehead atoms. The van der Waals surface area contributed by atoms with Crippen molar-refractivity contribution in [3.63, 3.8) is 0 Å². The molecule has 0 aliphatic rings. The minimum absolute atomic E-state index is 0.120. The minimum Gasteiger partial charge on any atom is -0.294 e. The summed E-state index contributed by atoms with van der Waals surface area (Å²) in [5, 5.41) is 0.491. The third kappa shape index (κ3) is 3.27. The van der Waals surface area contributed by atoms with Gasteiger partial charge in [0, 0.05) is 5.69 Å². The average Bonchev–Trinajstić information content (AvgIpc) is 3.19. The molecular formula is C28H23N5O. The fraction of sp³-hybridized carbons (Fsp3) is 0.143. The minimum atomic E-state index is -0.120. The Morgan fingerprint density at radius 3 is 2.35 bits per heavy atom. The largest absolute Gasteiger partial charge is 0.294 e. The lowest BCUT2D eigenvalue weighted by Crippen LogP contribution is -2.21. The van der Waals surface area contributed by atoms with Gasteiger partial charge in [-0.1, -0.05) is 61.0 Å². The van der Waals surface area contributed by atoms with Gasteiger partial charge in [-0.25, -0.2) is 15.0 Å². The highest BCUT2D eigenvalue weighted by Gasteiger charge is 2.21. The number of para-hydroxylation sites is 2. The molecule has 0 amide bonds. The van der Waals surface area contributed by atoms with Gasteiger partial charge in [-0.3, -0.25) is 13.9 Å². The van der Waals surface area contributed by atoms with Crippen LogP contribution in [-0.4, -0.2) is 24.1 Å².